The van der Waals surface area contributed by atoms with Crippen LogP contribution in [0.1, 0.15) is 41.0 Å². The Bertz CT molecular complexity index is 248. The van der Waals surface area contributed by atoms with Crippen molar-refractivity contribution in [2.45, 2.75) is 58.3 Å². The van der Waals surface area contributed by atoms with Crippen LogP contribution in [0, 0.1) is 0 Å². The van der Waals surface area contributed by atoms with Gasteiger partial charge in [-0.2, -0.15) is 0 Å². The van der Waals surface area contributed by atoms with Crippen molar-refractivity contribution in [2.75, 3.05) is 0 Å². The molecule has 2 N–H and O–H groups in total. The lowest BCUT2D eigenvalue weighted by Crippen LogP contribution is -2.41. The Balaban J connectivity index is 4.24. The molecule has 94 valence electrons. The molecule has 4 heteroatoms. The van der Waals surface area contributed by atoms with Gasteiger partial charge in [0.1, 0.15) is 5.60 Å². The van der Waals surface area contributed by atoms with Crippen LogP contribution >= 0.6 is 0 Å². The normalized spacial score (nSPS) is 14.1. The maximum Gasteiger partial charge on any atom is 0.408 e. The van der Waals surface area contributed by atoms with Gasteiger partial charge in [-0.3, -0.25) is 0 Å². The number of aliphatic hydroxyl groups is 1. The molecule has 0 spiro atoms. The number of hydrogen-bond donors (Lipinski definition) is 2. The molecular formula is C12H23NO3. The smallest absolute Gasteiger partial charge is 0.408 e. The number of carbonyl (C=O) groups excluding carboxylic acids is 1. The highest BCUT2D eigenvalue weighted by Gasteiger charge is 2.22. The summed E-state index contributed by atoms with van der Waals surface area (Å²) in [5, 5.41) is 12.3. The molecular weight excluding hydrogens is 206 g/mol. The first-order chi connectivity index (χ1) is 7.03. The van der Waals surface area contributed by atoms with E-state index in [1.165, 1.54) is 0 Å². The van der Waals surface area contributed by atoms with Crippen molar-refractivity contribution >= 4 is 6.09 Å². The van der Waals surface area contributed by atoms with Crippen LogP contribution in [0.5, 0.6) is 0 Å². The average Bonchev–Trinajstić information content (AvgIpc) is 1.96. The van der Waals surface area contributed by atoms with E-state index in [9.17, 15) is 9.90 Å². The van der Waals surface area contributed by atoms with Crippen molar-refractivity contribution in [3.8, 4) is 0 Å². The van der Waals surface area contributed by atoms with Gasteiger partial charge in [-0.25, -0.2) is 4.79 Å². The average molecular weight is 229 g/mol. The van der Waals surface area contributed by atoms with Gasteiger partial charge in [-0.05, 0) is 41.0 Å². The van der Waals surface area contributed by atoms with E-state index >= 15 is 0 Å². The molecule has 0 saturated carbocycles. The molecule has 0 heterocycles. The van der Waals surface area contributed by atoms with Gasteiger partial charge in [0.25, 0.3) is 0 Å². The van der Waals surface area contributed by atoms with E-state index in [1.54, 1.807) is 40.7 Å². The summed E-state index contributed by atoms with van der Waals surface area (Å²) in [5.41, 5.74) is -1.38. The van der Waals surface area contributed by atoms with E-state index in [4.69, 9.17) is 4.74 Å². The Morgan fingerprint density at radius 2 is 1.94 bits per heavy atom. The van der Waals surface area contributed by atoms with E-state index in [0.29, 0.717) is 6.42 Å². The van der Waals surface area contributed by atoms with Crippen LogP contribution in [0.25, 0.3) is 0 Å². The zero-order chi connectivity index (χ0) is 13.0. The number of ether oxygens (including phenoxy) is 1. The lowest BCUT2D eigenvalue weighted by molar-refractivity contribution is 0.0429. The standard InChI is InChI=1S/C12H23NO3/c1-7-9(8-12(5,6)15)13-10(14)16-11(2,3)4/h7,9,15H,1,8H2,2-6H3,(H,13,14). The molecule has 0 aromatic carbocycles. The molecule has 0 aromatic rings. The Kier molecular flexibility index (Phi) is 5.00. The van der Waals surface area contributed by atoms with Crippen molar-refractivity contribution in [1.29, 1.82) is 0 Å². The molecule has 0 saturated heterocycles. The predicted octanol–water partition coefficient (Wildman–Crippen LogP) is 2.23. The maximum atomic E-state index is 11.5. The van der Waals surface area contributed by atoms with Gasteiger partial charge in [-0.15, -0.1) is 6.58 Å². The second-order valence-electron chi connectivity index (χ2n) is 5.50. The lowest BCUT2D eigenvalue weighted by atomic mass is 9.99. The molecule has 0 aliphatic heterocycles. The Hall–Kier alpha value is -1.03. The van der Waals surface area contributed by atoms with Crippen LogP contribution in [0.15, 0.2) is 12.7 Å². The third-order valence-electron chi connectivity index (χ3n) is 1.71. The predicted molar refractivity (Wildman–Crippen MR) is 64.3 cm³/mol. The molecule has 0 aliphatic carbocycles. The summed E-state index contributed by atoms with van der Waals surface area (Å²) < 4.78 is 5.11. The third kappa shape index (κ3) is 8.29. The lowest BCUT2D eigenvalue weighted by Gasteiger charge is -2.25. The molecule has 1 amide bonds. The first-order valence-corrected chi connectivity index (χ1v) is 5.38. The quantitative estimate of drug-likeness (QED) is 0.727. The first-order valence-electron chi connectivity index (χ1n) is 5.38. The van der Waals surface area contributed by atoms with E-state index in [1.807, 2.05) is 0 Å². The van der Waals surface area contributed by atoms with E-state index < -0.39 is 17.3 Å². The van der Waals surface area contributed by atoms with Crippen molar-refractivity contribution in [1.82, 2.24) is 5.32 Å². The van der Waals surface area contributed by atoms with Gasteiger partial charge in [0.15, 0.2) is 0 Å². The topological polar surface area (TPSA) is 58.6 Å². The molecule has 0 fully saturated rings. The summed E-state index contributed by atoms with van der Waals surface area (Å²) in [6.07, 6.45) is 1.49. The second-order valence-corrected chi connectivity index (χ2v) is 5.50. The SMILES string of the molecule is C=CC(CC(C)(C)O)NC(=O)OC(C)(C)C. The van der Waals surface area contributed by atoms with Crippen LogP contribution in [-0.4, -0.2) is 28.4 Å². The van der Waals surface area contributed by atoms with Crippen molar-refractivity contribution in [3.63, 3.8) is 0 Å². The highest BCUT2D eigenvalue weighted by Crippen LogP contribution is 2.12. The number of hydrogen-bond acceptors (Lipinski definition) is 3. The highest BCUT2D eigenvalue weighted by atomic mass is 16.6. The number of nitrogens with one attached hydrogen (secondary N) is 1. The van der Waals surface area contributed by atoms with Crippen LogP contribution in [0.4, 0.5) is 4.79 Å². The number of rotatable bonds is 4. The number of amides is 1. The van der Waals surface area contributed by atoms with Gasteiger partial charge in [-0.1, -0.05) is 6.08 Å². The minimum absolute atomic E-state index is 0.296. The largest absolute Gasteiger partial charge is 0.444 e. The van der Waals surface area contributed by atoms with Crippen molar-refractivity contribution < 1.29 is 14.6 Å². The van der Waals surface area contributed by atoms with Gasteiger partial charge >= 0.3 is 6.09 Å². The Morgan fingerprint density at radius 1 is 1.44 bits per heavy atom. The van der Waals surface area contributed by atoms with E-state index in [0.717, 1.165) is 0 Å². The fourth-order valence-corrected chi connectivity index (χ4v) is 1.19. The molecule has 1 unspecified atom stereocenters. The first kappa shape index (κ1) is 15.0. The summed E-state index contributed by atoms with van der Waals surface area (Å²) in [7, 11) is 0. The molecule has 0 aromatic heterocycles. The Morgan fingerprint density at radius 3 is 2.25 bits per heavy atom. The third-order valence-corrected chi connectivity index (χ3v) is 1.71. The van der Waals surface area contributed by atoms with E-state index in [-0.39, 0.29) is 6.04 Å². The van der Waals surface area contributed by atoms with Gasteiger partial charge in [0, 0.05) is 0 Å². The molecule has 1 atom stereocenters. The monoisotopic (exact) mass is 229 g/mol. The molecule has 16 heavy (non-hydrogen) atoms. The summed E-state index contributed by atoms with van der Waals surface area (Å²) in [6.45, 7) is 12.4. The summed E-state index contributed by atoms with van der Waals surface area (Å²) in [4.78, 5) is 11.5. The van der Waals surface area contributed by atoms with Crippen LogP contribution in [-0.2, 0) is 4.74 Å². The zero-order valence-corrected chi connectivity index (χ0v) is 10.8. The van der Waals surface area contributed by atoms with Crippen molar-refractivity contribution in [3.05, 3.63) is 12.7 Å². The highest BCUT2D eigenvalue weighted by molar-refractivity contribution is 5.68. The summed E-state index contributed by atoms with van der Waals surface area (Å²) in [5.74, 6) is 0. The summed E-state index contributed by atoms with van der Waals surface area (Å²) in [6, 6.07) is -0.296. The van der Waals surface area contributed by atoms with Gasteiger partial charge < -0.3 is 15.2 Å². The number of carbonyl (C=O) groups is 1. The zero-order valence-electron chi connectivity index (χ0n) is 10.8. The fraction of sp³-hybridized carbons (Fsp3) is 0.750. The van der Waals surface area contributed by atoms with E-state index in [2.05, 4.69) is 11.9 Å². The molecule has 0 rings (SSSR count). The van der Waals surface area contributed by atoms with Crippen LogP contribution in [0.3, 0.4) is 0 Å². The van der Waals surface area contributed by atoms with Crippen molar-refractivity contribution in [2.24, 2.45) is 0 Å². The van der Waals surface area contributed by atoms with Gasteiger partial charge in [0.2, 0.25) is 0 Å². The maximum absolute atomic E-state index is 11.5. The van der Waals surface area contributed by atoms with Gasteiger partial charge in [0.05, 0.1) is 11.6 Å². The van der Waals surface area contributed by atoms with Crippen LogP contribution < -0.4 is 5.32 Å². The molecule has 0 aliphatic rings. The number of alkyl carbamates (subject to hydrolysis) is 1. The minimum Gasteiger partial charge on any atom is -0.444 e. The molecule has 0 radical (unpaired) electrons. The minimum atomic E-state index is -0.853. The molecule has 0 bridgehead atoms. The van der Waals surface area contributed by atoms with Crippen LogP contribution in [0.2, 0.25) is 0 Å². The molecule has 4 nitrogen and oxygen atoms in total. The summed E-state index contributed by atoms with van der Waals surface area (Å²) >= 11 is 0. The Labute approximate surface area is 97.7 Å². The second kappa shape index (κ2) is 5.34. The fourth-order valence-electron chi connectivity index (χ4n) is 1.19.